The molecule has 0 unspecified atom stereocenters. The monoisotopic (exact) mass is 362 g/mol. The van der Waals surface area contributed by atoms with Crippen molar-refractivity contribution in [2.45, 2.75) is 18.0 Å². The van der Waals surface area contributed by atoms with Crippen molar-refractivity contribution >= 4 is 15.7 Å². The maximum Gasteiger partial charge on any atom is 0.269 e. The number of rotatable bonds is 7. The third kappa shape index (κ3) is 3.78. The maximum absolute atomic E-state index is 12.9. The summed E-state index contributed by atoms with van der Waals surface area (Å²) in [5.74, 6) is 0.939. The van der Waals surface area contributed by atoms with Gasteiger partial charge >= 0.3 is 0 Å². The molecule has 0 bridgehead atoms. The van der Waals surface area contributed by atoms with E-state index in [-0.39, 0.29) is 23.7 Å². The van der Waals surface area contributed by atoms with Gasteiger partial charge in [-0.2, -0.15) is 4.31 Å². The summed E-state index contributed by atoms with van der Waals surface area (Å²) in [6.07, 6.45) is 2.91. The molecule has 0 radical (unpaired) electrons. The number of hydrogen-bond donors (Lipinski definition) is 0. The van der Waals surface area contributed by atoms with E-state index in [4.69, 9.17) is 8.83 Å². The number of nitrogens with zero attached hydrogens (tertiary/aromatic N) is 2. The first kappa shape index (κ1) is 16.9. The van der Waals surface area contributed by atoms with Crippen molar-refractivity contribution in [2.24, 2.45) is 0 Å². The average molecular weight is 362 g/mol. The molecule has 0 saturated carbocycles. The second-order valence-corrected chi connectivity index (χ2v) is 7.12. The Morgan fingerprint density at radius 2 is 1.44 bits per heavy atom. The van der Waals surface area contributed by atoms with E-state index in [2.05, 4.69) is 0 Å². The molecule has 8 nitrogen and oxygen atoms in total. The molecule has 2 aromatic heterocycles. The highest BCUT2D eigenvalue weighted by molar-refractivity contribution is 7.89. The first-order chi connectivity index (χ1) is 12.0. The normalized spacial score (nSPS) is 11.7. The van der Waals surface area contributed by atoms with Crippen LogP contribution in [0, 0.1) is 10.1 Å². The van der Waals surface area contributed by atoms with Gasteiger partial charge in [-0.25, -0.2) is 8.42 Å². The molecule has 0 aliphatic heterocycles. The van der Waals surface area contributed by atoms with Crippen molar-refractivity contribution in [1.82, 2.24) is 4.31 Å². The van der Waals surface area contributed by atoms with Gasteiger partial charge in [-0.15, -0.1) is 0 Å². The van der Waals surface area contributed by atoms with Crippen LogP contribution in [0.4, 0.5) is 5.69 Å². The van der Waals surface area contributed by atoms with Crippen molar-refractivity contribution in [2.75, 3.05) is 0 Å². The van der Waals surface area contributed by atoms with Gasteiger partial charge in [0.05, 0.1) is 35.4 Å². The standard InChI is InChI=1S/C16H14N2O6S/c19-18(20)13-5-7-16(8-6-13)25(21,22)17(11-14-3-1-9-23-14)12-15-4-2-10-24-15/h1-10H,11-12H2. The highest BCUT2D eigenvalue weighted by atomic mass is 32.2. The molecule has 2 heterocycles. The molecule has 0 amide bonds. The van der Waals surface area contributed by atoms with E-state index in [9.17, 15) is 18.5 Å². The Balaban J connectivity index is 1.93. The Hall–Kier alpha value is -2.91. The molecule has 25 heavy (non-hydrogen) atoms. The van der Waals surface area contributed by atoms with Gasteiger partial charge in [0.2, 0.25) is 10.0 Å². The topological polar surface area (TPSA) is 107 Å². The third-order valence-corrected chi connectivity index (χ3v) is 5.32. The zero-order valence-electron chi connectivity index (χ0n) is 12.9. The van der Waals surface area contributed by atoms with Crippen molar-refractivity contribution < 1.29 is 22.2 Å². The van der Waals surface area contributed by atoms with Gasteiger partial charge in [0, 0.05) is 12.1 Å². The molecule has 9 heteroatoms. The molecule has 0 fully saturated rings. The maximum atomic E-state index is 12.9. The van der Waals surface area contributed by atoms with Crippen LogP contribution >= 0.6 is 0 Å². The number of benzene rings is 1. The van der Waals surface area contributed by atoms with E-state index >= 15 is 0 Å². The van der Waals surface area contributed by atoms with Crippen LogP contribution in [-0.2, 0) is 23.1 Å². The summed E-state index contributed by atoms with van der Waals surface area (Å²) in [7, 11) is -3.90. The zero-order chi connectivity index (χ0) is 17.9. The molecule has 0 saturated heterocycles. The number of non-ortho nitro benzene ring substituents is 1. The highest BCUT2D eigenvalue weighted by Gasteiger charge is 2.27. The number of hydrogen-bond acceptors (Lipinski definition) is 6. The summed E-state index contributed by atoms with van der Waals surface area (Å²) < 4.78 is 37.5. The molecule has 0 atom stereocenters. The molecule has 3 rings (SSSR count). The van der Waals surface area contributed by atoms with Gasteiger partial charge in [0.25, 0.3) is 5.69 Å². The molecule has 130 valence electrons. The van der Waals surface area contributed by atoms with Crippen LogP contribution in [0.15, 0.2) is 74.8 Å². The molecule has 0 spiro atoms. The van der Waals surface area contributed by atoms with Gasteiger partial charge < -0.3 is 8.83 Å². The van der Waals surface area contributed by atoms with E-state index < -0.39 is 14.9 Å². The summed E-state index contributed by atoms with van der Waals surface area (Å²) >= 11 is 0. The molecule has 1 aromatic carbocycles. The lowest BCUT2D eigenvalue weighted by molar-refractivity contribution is -0.384. The summed E-state index contributed by atoms with van der Waals surface area (Å²) in [5.41, 5.74) is -0.178. The fraction of sp³-hybridized carbons (Fsp3) is 0.125. The SMILES string of the molecule is O=[N+]([O-])c1ccc(S(=O)(=O)N(Cc2ccco2)Cc2ccco2)cc1. The minimum Gasteiger partial charge on any atom is -0.468 e. The quantitative estimate of drug-likeness (QED) is 0.472. The second kappa shape index (κ2) is 6.91. The Bertz CT molecular complexity index is 895. The van der Waals surface area contributed by atoms with E-state index in [0.29, 0.717) is 11.5 Å². The number of sulfonamides is 1. The molecule has 0 N–H and O–H groups in total. The number of nitro groups is 1. The first-order valence-electron chi connectivity index (χ1n) is 7.26. The van der Waals surface area contributed by atoms with Crippen molar-refractivity contribution in [3.63, 3.8) is 0 Å². The molecule has 0 aliphatic rings. The third-order valence-electron chi connectivity index (χ3n) is 3.51. The van der Waals surface area contributed by atoms with E-state index in [1.165, 1.54) is 29.0 Å². The van der Waals surface area contributed by atoms with Gasteiger partial charge in [0.15, 0.2) is 0 Å². The fourth-order valence-corrected chi connectivity index (χ4v) is 3.64. The lowest BCUT2D eigenvalue weighted by Gasteiger charge is -2.20. The molecular formula is C16H14N2O6S. The summed E-state index contributed by atoms with van der Waals surface area (Å²) in [6, 6.07) is 11.4. The highest BCUT2D eigenvalue weighted by Crippen LogP contribution is 2.23. The Morgan fingerprint density at radius 3 is 1.84 bits per heavy atom. The minimum atomic E-state index is -3.90. The number of furan rings is 2. The average Bonchev–Trinajstić information content (AvgIpc) is 3.28. The zero-order valence-corrected chi connectivity index (χ0v) is 13.8. The van der Waals surface area contributed by atoms with Gasteiger partial charge in [-0.05, 0) is 36.4 Å². The Morgan fingerprint density at radius 1 is 0.920 bits per heavy atom. The van der Waals surface area contributed by atoms with Crippen molar-refractivity contribution in [3.8, 4) is 0 Å². The van der Waals surface area contributed by atoms with Crippen LogP contribution in [0.5, 0.6) is 0 Å². The van der Waals surface area contributed by atoms with Crippen molar-refractivity contribution in [3.05, 3.63) is 82.7 Å². The summed E-state index contributed by atoms with van der Waals surface area (Å²) in [6.45, 7) is 0.0139. The van der Waals surface area contributed by atoms with Crippen LogP contribution in [0.2, 0.25) is 0 Å². The van der Waals surface area contributed by atoms with Gasteiger partial charge in [-0.1, -0.05) is 0 Å². The van der Waals surface area contributed by atoms with E-state index in [0.717, 1.165) is 12.1 Å². The minimum absolute atomic E-state index is 0.00697. The fourth-order valence-electron chi connectivity index (χ4n) is 2.27. The lowest BCUT2D eigenvalue weighted by atomic mass is 10.3. The first-order valence-corrected chi connectivity index (χ1v) is 8.70. The largest absolute Gasteiger partial charge is 0.468 e. The predicted octanol–water partition coefficient (Wildman–Crippen LogP) is 3.17. The van der Waals surface area contributed by atoms with E-state index in [1.54, 1.807) is 24.3 Å². The summed E-state index contributed by atoms with van der Waals surface area (Å²) in [4.78, 5) is 10.1. The van der Waals surface area contributed by atoms with E-state index in [1.807, 2.05) is 0 Å². The van der Waals surface area contributed by atoms with Crippen molar-refractivity contribution in [1.29, 1.82) is 0 Å². The van der Waals surface area contributed by atoms with Gasteiger partial charge in [-0.3, -0.25) is 10.1 Å². The smallest absolute Gasteiger partial charge is 0.269 e. The predicted molar refractivity (Wildman–Crippen MR) is 86.9 cm³/mol. The molecular weight excluding hydrogens is 348 g/mol. The van der Waals surface area contributed by atoms with Crippen LogP contribution in [0.3, 0.4) is 0 Å². The van der Waals surface area contributed by atoms with Gasteiger partial charge in [0.1, 0.15) is 11.5 Å². The van der Waals surface area contributed by atoms with Crippen LogP contribution in [0.1, 0.15) is 11.5 Å². The molecule has 0 aliphatic carbocycles. The number of nitro benzene ring substituents is 1. The Labute approximate surface area is 143 Å². The second-order valence-electron chi connectivity index (χ2n) is 5.18. The van der Waals surface area contributed by atoms with Crippen LogP contribution in [0.25, 0.3) is 0 Å². The van der Waals surface area contributed by atoms with Crippen LogP contribution in [-0.4, -0.2) is 17.6 Å². The summed E-state index contributed by atoms with van der Waals surface area (Å²) in [5, 5.41) is 10.7. The Kier molecular flexibility index (Phi) is 4.68. The lowest BCUT2D eigenvalue weighted by Crippen LogP contribution is -2.30. The van der Waals surface area contributed by atoms with Crippen LogP contribution < -0.4 is 0 Å². The molecule has 3 aromatic rings.